The summed E-state index contributed by atoms with van der Waals surface area (Å²) in [6.45, 7) is 0. The zero-order valence-corrected chi connectivity index (χ0v) is 10.3. The van der Waals surface area contributed by atoms with Gasteiger partial charge in [-0.3, -0.25) is 4.79 Å². The van der Waals surface area contributed by atoms with E-state index in [1.54, 1.807) is 30.3 Å². The molecule has 0 heterocycles. The number of carboxylic acids is 1. The highest BCUT2D eigenvalue weighted by molar-refractivity contribution is 7.80. The molecule has 1 amide bonds. The number of carboxylic acid groups (broad SMARTS) is 1. The molecular weight excluding hydrogens is 256 g/mol. The van der Waals surface area contributed by atoms with Crippen LogP contribution in [0.2, 0.25) is 0 Å². The molecule has 6 nitrogen and oxygen atoms in total. The van der Waals surface area contributed by atoms with Crippen molar-refractivity contribution in [2.45, 2.75) is 12.1 Å². The Kier molecular flexibility index (Phi) is 5.63. The van der Waals surface area contributed by atoms with Crippen molar-refractivity contribution in [3.05, 3.63) is 35.9 Å². The lowest BCUT2D eigenvalue weighted by molar-refractivity contribution is -0.141. The van der Waals surface area contributed by atoms with Crippen molar-refractivity contribution in [2.24, 2.45) is 0 Å². The molecule has 1 aromatic carbocycles. The number of carbonyl (C=O) groups excluding carboxylic acids is 1. The molecule has 0 saturated carbocycles. The molecule has 0 saturated heterocycles. The van der Waals surface area contributed by atoms with E-state index in [9.17, 15) is 9.59 Å². The second kappa shape index (κ2) is 7.00. The van der Waals surface area contributed by atoms with Crippen LogP contribution in [-0.2, 0) is 9.59 Å². The highest BCUT2D eigenvalue weighted by atomic mass is 32.1. The summed E-state index contributed by atoms with van der Waals surface area (Å²) in [4.78, 5) is 22.6. The van der Waals surface area contributed by atoms with Gasteiger partial charge in [0.1, 0.15) is 12.1 Å². The molecule has 4 N–H and O–H groups in total. The van der Waals surface area contributed by atoms with E-state index in [1.165, 1.54) is 0 Å². The first-order chi connectivity index (χ1) is 8.60. The van der Waals surface area contributed by atoms with Gasteiger partial charge in [0.15, 0.2) is 0 Å². The Morgan fingerprint density at radius 1 is 1.28 bits per heavy atom. The molecule has 7 heteroatoms. The molecule has 1 aromatic rings. The largest absolute Gasteiger partial charge is 0.480 e. The van der Waals surface area contributed by atoms with E-state index in [-0.39, 0.29) is 5.75 Å². The van der Waals surface area contributed by atoms with Gasteiger partial charge in [-0.1, -0.05) is 30.3 Å². The molecule has 0 radical (unpaired) electrons. The summed E-state index contributed by atoms with van der Waals surface area (Å²) in [6, 6.07) is 6.35. The molecule has 0 bridgehead atoms. The van der Waals surface area contributed by atoms with Gasteiger partial charge in [-0.2, -0.15) is 18.1 Å². The molecule has 0 aliphatic heterocycles. The minimum absolute atomic E-state index is 0.0337. The van der Waals surface area contributed by atoms with Crippen LogP contribution in [0.25, 0.3) is 0 Å². The first kappa shape index (κ1) is 14.5. The monoisotopic (exact) mass is 270 g/mol. The third kappa shape index (κ3) is 3.73. The average Bonchev–Trinajstić information content (AvgIpc) is 2.37. The van der Waals surface area contributed by atoms with E-state index in [0.29, 0.717) is 5.56 Å². The smallest absolute Gasteiger partial charge is 0.327 e. The highest BCUT2D eigenvalue weighted by Crippen LogP contribution is 2.12. The second-order valence-corrected chi connectivity index (χ2v) is 3.92. The SMILES string of the molecule is O=C(N[C@@H](CS)C(=O)O)C(NO)c1ccccc1. The summed E-state index contributed by atoms with van der Waals surface area (Å²) in [5, 5.41) is 20.1. The maximum absolute atomic E-state index is 11.8. The number of nitrogens with one attached hydrogen (secondary N) is 2. The summed E-state index contributed by atoms with van der Waals surface area (Å²) in [6.07, 6.45) is 0. The van der Waals surface area contributed by atoms with Gasteiger partial charge in [-0.05, 0) is 5.56 Å². The minimum Gasteiger partial charge on any atom is -0.480 e. The number of hydroxylamine groups is 1. The van der Waals surface area contributed by atoms with Crippen LogP contribution in [-0.4, -0.2) is 34.0 Å². The van der Waals surface area contributed by atoms with Crippen LogP contribution in [0.15, 0.2) is 30.3 Å². The molecule has 0 spiro atoms. The van der Waals surface area contributed by atoms with Gasteiger partial charge >= 0.3 is 5.97 Å². The summed E-state index contributed by atoms with van der Waals surface area (Å²) >= 11 is 3.84. The van der Waals surface area contributed by atoms with E-state index < -0.39 is 24.0 Å². The Labute approximate surface area is 109 Å². The molecule has 0 fully saturated rings. The van der Waals surface area contributed by atoms with Crippen molar-refractivity contribution in [3.63, 3.8) is 0 Å². The molecule has 1 unspecified atom stereocenters. The molecule has 0 aromatic heterocycles. The quantitative estimate of drug-likeness (QED) is 0.376. The molecule has 2 atom stereocenters. The fourth-order valence-electron chi connectivity index (χ4n) is 1.37. The predicted octanol–water partition coefficient (Wildman–Crippen LogP) is 0.206. The Morgan fingerprint density at radius 2 is 1.89 bits per heavy atom. The van der Waals surface area contributed by atoms with Crippen LogP contribution in [0.3, 0.4) is 0 Å². The number of rotatable bonds is 6. The van der Waals surface area contributed by atoms with E-state index in [0.717, 1.165) is 0 Å². The molecule has 0 aliphatic rings. The van der Waals surface area contributed by atoms with Crippen molar-refractivity contribution in [1.29, 1.82) is 0 Å². The van der Waals surface area contributed by atoms with Crippen LogP contribution in [0.4, 0.5) is 0 Å². The third-order valence-corrected chi connectivity index (χ3v) is 2.69. The number of aliphatic carboxylic acids is 1. The fourth-order valence-corrected chi connectivity index (χ4v) is 1.62. The van der Waals surface area contributed by atoms with Gasteiger partial charge in [-0.25, -0.2) is 4.79 Å². The van der Waals surface area contributed by atoms with Gasteiger partial charge in [0.2, 0.25) is 5.91 Å². The van der Waals surface area contributed by atoms with Crippen LogP contribution in [0, 0.1) is 0 Å². The molecule has 18 heavy (non-hydrogen) atoms. The van der Waals surface area contributed by atoms with E-state index in [2.05, 4.69) is 17.9 Å². The van der Waals surface area contributed by atoms with Crippen LogP contribution >= 0.6 is 12.6 Å². The number of carbonyl (C=O) groups is 2. The second-order valence-electron chi connectivity index (χ2n) is 3.55. The third-order valence-electron chi connectivity index (χ3n) is 2.32. The maximum atomic E-state index is 11.8. The maximum Gasteiger partial charge on any atom is 0.327 e. The van der Waals surface area contributed by atoms with Crippen molar-refractivity contribution in [2.75, 3.05) is 5.75 Å². The van der Waals surface area contributed by atoms with Crippen molar-refractivity contribution >= 4 is 24.5 Å². The lowest BCUT2D eigenvalue weighted by atomic mass is 10.1. The fraction of sp³-hybridized carbons (Fsp3) is 0.273. The van der Waals surface area contributed by atoms with Crippen LogP contribution < -0.4 is 10.8 Å². The minimum atomic E-state index is -1.18. The summed E-state index contributed by atoms with van der Waals surface area (Å²) in [5.74, 6) is -1.85. The van der Waals surface area contributed by atoms with Gasteiger partial charge in [0.25, 0.3) is 0 Å². The lowest BCUT2D eigenvalue weighted by Gasteiger charge is -2.18. The van der Waals surface area contributed by atoms with E-state index in [4.69, 9.17) is 10.3 Å². The van der Waals surface area contributed by atoms with Gasteiger partial charge < -0.3 is 15.6 Å². The number of amides is 1. The van der Waals surface area contributed by atoms with Crippen molar-refractivity contribution in [1.82, 2.24) is 10.8 Å². The lowest BCUT2D eigenvalue weighted by Crippen LogP contribution is -2.46. The molecule has 0 aliphatic carbocycles. The first-order valence-electron chi connectivity index (χ1n) is 5.18. The van der Waals surface area contributed by atoms with Gasteiger partial charge in [-0.15, -0.1) is 0 Å². The molecule has 98 valence electrons. The van der Waals surface area contributed by atoms with Crippen molar-refractivity contribution < 1.29 is 19.9 Å². The van der Waals surface area contributed by atoms with Crippen molar-refractivity contribution in [3.8, 4) is 0 Å². The first-order valence-corrected chi connectivity index (χ1v) is 5.82. The predicted molar refractivity (Wildman–Crippen MR) is 67.5 cm³/mol. The van der Waals surface area contributed by atoms with E-state index >= 15 is 0 Å². The standard InChI is InChI=1S/C11H14N2O4S/c14-10(12-8(6-18)11(15)16)9(13-17)7-4-2-1-3-5-7/h1-5,8-9,13,17-18H,6H2,(H,12,14)(H,15,16)/t8-,9?/m0/s1. The summed E-state index contributed by atoms with van der Waals surface area (Å²) in [7, 11) is 0. The Bertz CT molecular complexity index is 413. The number of thiol groups is 1. The summed E-state index contributed by atoms with van der Waals surface area (Å²) < 4.78 is 0. The Balaban J connectivity index is 2.78. The molecular formula is C11H14N2O4S. The highest BCUT2D eigenvalue weighted by Gasteiger charge is 2.24. The van der Waals surface area contributed by atoms with Crippen LogP contribution in [0.5, 0.6) is 0 Å². The van der Waals surface area contributed by atoms with Gasteiger partial charge in [0, 0.05) is 5.75 Å². The van der Waals surface area contributed by atoms with E-state index in [1.807, 2.05) is 5.48 Å². The number of hydrogen-bond acceptors (Lipinski definition) is 5. The Hall–Kier alpha value is -1.57. The topological polar surface area (TPSA) is 98.7 Å². The van der Waals surface area contributed by atoms with Crippen LogP contribution in [0.1, 0.15) is 11.6 Å². The average molecular weight is 270 g/mol. The Morgan fingerprint density at radius 3 is 2.33 bits per heavy atom. The van der Waals surface area contributed by atoms with Gasteiger partial charge in [0.05, 0.1) is 0 Å². The molecule has 1 rings (SSSR count). The zero-order chi connectivity index (χ0) is 13.5. The number of hydrogen-bond donors (Lipinski definition) is 5. The summed E-state index contributed by atoms with van der Waals surface area (Å²) in [5.41, 5.74) is 2.39. The normalized spacial score (nSPS) is 13.7. The zero-order valence-electron chi connectivity index (χ0n) is 9.41. The number of benzene rings is 1.